The Kier molecular flexibility index (Phi) is 4.62. The third-order valence-corrected chi connectivity index (χ3v) is 5.34. The number of rotatable bonds is 4. The molecule has 0 bridgehead atoms. The summed E-state index contributed by atoms with van der Waals surface area (Å²) in [4.78, 5) is 28.6. The number of hydrogen-bond acceptors (Lipinski definition) is 5. The van der Waals surface area contributed by atoms with Crippen LogP contribution >= 0.6 is 22.9 Å². The van der Waals surface area contributed by atoms with E-state index in [2.05, 4.69) is 10.3 Å². The predicted molar refractivity (Wildman–Crippen MR) is 108 cm³/mol. The van der Waals surface area contributed by atoms with Crippen molar-refractivity contribution in [3.8, 4) is 11.1 Å². The summed E-state index contributed by atoms with van der Waals surface area (Å²) in [5.41, 5.74) is 3.15. The van der Waals surface area contributed by atoms with Crippen LogP contribution in [-0.2, 0) is 0 Å². The first-order valence-electron chi connectivity index (χ1n) is 8.22. The van der Waals surface area contributed by atoms with Gasteiger partial charge in [-0.25, -0.2) is 9.78 Å². The molecule has 0 saturated carbocycles. The van der Waals surface area contributed by atoms with Crippen molar-refractivity contribution in [3.63, 3.8) is 0 Å². The molecule has 0 aliphatic heterocycles. The average molecular weight is 413 g/mol. The van der Waals surface area contributed by atoms with Crippen molar-refractivity contribution in [1.29, 1.82) is 0 Å². The number of oxazole rings is 1. The number of anilines is 1. The fraction of sp³-hybridized carbons (Fsp3) is 0.0500. The number of hydrogen-bond donors (Lipinski definition) is 2. The van der Waals surface area contributed by atoms with Gasteiger partial charge in [0.2, 0.25) is 0 Å². The number of amides is 1. The van der Waals surface area contributed by atoms with E-state index >= 15 is 0 Å². The Morgan fingerprint density at radius 3 is 2.61 bits per heavy atom. The summed E-state index contributed by atoms with van der Waals surface area (Å²) < 4.78 is 5.56. The van der Waals surface area contributed by atoms with Crippen LogP contribution in [0.2, 0.25) is 5.02 Å². The quantitative estimate of drug-likeness (QED) is 0.463. The zero-order valence-electron chi connectivity index (χ0n) is 14.5. The van der Waals surface area contributed by atoms with Crippen molar-refractivity contribution in [2.75, 3.05) is 5.32 Å². The van der Waals surface area contributed by atoms with Gasteiger partial charge in [0.1, 0.15) is 16.1 Å². The Hall–Kier alpha value is -3.16. The molecule has 6 nitrogen and oxygen atoms in total. The van der Waals surface area contributed by atoms with Gasteiger partial charge in [-0.15, -0.1) is 11.3 Å². The molecule has 0 unspecified atom stereocenters. The maximum Gasteiger partial charge on any atom is 0.339 e. The lowest BCUT2D eigenvalue weighted by Crippen LogP contribution is -2.13. The first-order chi connectivity index (χ1) is 13.4. The van der Waals surface area contributed by atoms with Gasteiger partial charge in [0.15, 0.2) is 5.58 Å². The number of nitrogens with one attached hydrogen (secondary N) is 1. The number of carbonyl (C=O) groups is 2. The number of carbonyl (C=O) groups excluding carboxylic acids is 1. The van der Waals surface area contributed by atoms with Gasteiger partial charge in [0, 0.05) is 16.0 Å². The second-order valence-corrected chi connectivity index (χ2v) is 7.38. The number of nitrogens with zero attached hydrogens (tertiary/aromatic N) is 1. The third-order valence-electron chi connectivity index (χ3n) is 4.19. The van der Waals surface area contributed by atoms with E-state index in [1.54, 1.807) is 35.7 Å². The van der Waals surface area contributed by atoms with E-state index in [1.807, 2.05) is 19.1 Å². The Balaban J connectivity index is 1.69. The number of carboxylic acids is 1. The molecule has 4 rings (SSSR count). The Labute approximate surface area is 168 Å². The van der Waals surface area contributed by atoms with E-state index in [9.17, 15) is 14.7 Å². The SMILES string of the molecule is Cc1cccc2nc(C(=O)Nc3scc(-c4ccc(Cl)cc4)c3C(=O)O)oc12. The number of thiophene rings is 1. The lowest BCUT2D eigenvalue weighted by Gasteiger charge is -2.04. The van der Waals surface area contributed by atoms with E-state index < -0.39 is 11.9 Å². The van der Waals surface area contributed by atoms with Crippen LogP contribution in [0.5, 0.6) is 0 Å². The molecule has 2 aromatic heterocycles. The second kappa shape index (κ2) is 7.10. The molecule has 0 fully saturated rings. The molecule has 0 saturated heterocycles. The number of aromatic carboxylic acids is 1. The molecule has 0 spiro atoms. The van der Waals surface area contributed by atoms with Crippen LogP contribution in [0.4, 0.5) is 5.00 Å². The number of aryl methyl sites for hydroxylation is 1. The number of para-hydroxylation sites is 1. The van der Waals surface area contributed by atoms with Gasteiger partial charge >= 0.3 is 11.9 Å². The summed E-state index contributed by atoms with van der Waals surface area (Å²) in [6.45, 7) is 1.86. The van der Waals surface area contributed by atoms with Crippen molar-refractivity contribution in [2.24, 2.45) is 0 Å². The van der Waals surface area contributed by atoms with Crippen molar-refractivity contribution >= 4 is 50.9 Å². The molecule has 28 heavy (non-hydrogen) atoms. The van der Waals surface area contributed by atoms with Crippen molar-refractivity contribution in [2.45, 2.75) is 6.92 Å². The summed E-state index contributed by atoms with van der Waals surface area (Å²) in [5, 5.41) is 14.7. The third kappa shape index (κ3) is 3.26. The Bertz CT molecular complexity index is 1210. The number of aromatic nitrogens is 1. The first kappa shape index (κ1) is 18.2. The van der Waals surface area contributed by atoms with Crippen molar-refractivity contribution < 1.29 is 19.1 Å². The van der Waals surface area contributed by atoms with Crippen molar-refractivity contribution in [3.05, 3.63) is 69.9 Å². The number of carboxylic acid groups (broad SMARTS) is 1. The summed E-state index contributed by atoms with van der Waals surface area (Å²) in [6.07, 6.45) is 0. The molecule has 8 heteroatoms. The van der Waals surface area contributed by atoms with E-state index in [0.29, 0.717) is 27.2 Å². The van der Waals surface area contributed by atoms with Crippen LogP contribution in [-0.4, -0.2) is 22.0 Å². The van der Waals surface area contributed by atoms with E-state index in [0.717, 1.165) is 16.9 Å². The molecule has 2 aromatic carbocycles. The minimum atomic E-state index is -1.14. The molecule has 0 aliphatic rings. The van der Waals surface area contributed by atoms with Gasteiger partial charge in [-0.05, 0) is 36.2 Å². The zero-order chi connectivity index (χ0) is 19.8. The zero-order valence-corrected chi connectivity index (χ0v) is 16.1. The highest BCUT2D eigenvalue weighted by molar-refractivity contribution is 7.15. The van der Waals surface area contributed by atoms with Crippen LogP contribution < -0.4 is 5.32 Å². The fourth-order valence-electron chi connectivity index (χ4n) is 2.84. The largest absolute Gasteiger partial charge is 0.478 e. The summed E-state index contributed by atoms with van der Waals surface area (Å²) in [5.74, 6) is -1.88. The topological polar surface area (TPSA) is 92.4 Å². The minimum Gasteiger partial charge on any atom is -0.478 e. The highest BCUT2D eigenvalue weighted by atomic mass is 35.5. The van der Waals surface area contributed by atoms with Gasteiger partial charge in [0.25, 0.3) is 5.89 Å². The van der Waals surface area contributed by atoms with Crippen molar-refractivity contribution in [1.82, 2.24) is 4.98 Å². The summed E-state index contributed by atoms with van der Waals surface area (Å²) in [7, 11) is 0. The monoisotopic (exact) mass is 412 g/mol. The second-order valence-electron chi connectivity index (χ2n) is 6.06. The van der Waals surface area contributed by atoms with Crippen LogP contribution in [0.15, 0.2) is 52.3 Å². The number of fused-ring (bicyclic) bond motifs is 1. The maximum atomic E-state index is 12.6. The van der Waals surface area contributed by atoms with Gasteiger partial charge in [-0.3, -0.25) is 4.79 Å². The number of halogens is 1. The maximum absolute atomic E-state index is 12.6. The Morgan fingerprint density at radius 2 is 1.93 bits per heavy atom. The van der Waals surface area contributed by atoms with Gasteiger partial charge in [-0.1, -0.05) is 35.9 Å². The van der Waals surface area contributed by atoms with Gasteiger partial charge < -0.3 is 14.8 Å². The number of benzene rings is 2. The van der Waals surface area contributed by atoms with Crippen LogP contribution in [0.25, 0.3) is 22.2 Å². The molecule has 4 aromatic rings. The van der Waals surface area contributed by atoms with E-state index in [-0.39, 0.29) is 16.5 Å². The molecule has 0 radical (unpaired) electrons. The van der Waals surface area contributed by atoms with Crippen LogP contribution in [0.3, 0.4) is 0 Å². The highest BCUT2D eigenvalue weighted by Crippen LogP contribution is 2.36. The summed E-state index contributed by atoms with van der Waals surface area (Å²) in [6, 6.07) is 12.2. The molecule has 0 aliphatic carbocycles. The first-order valence-corrected chi connectivity index (χ1v) is 9.48. The fourth-order valence-corrected chi connectivity index (χ4v) is 3.93. The molecule has 140 valence electrons. The molecule has 0 atom stereocenters. The standard InChI is InChI=1S/C20H13ClN2O4S/c1-10-3-2-4-14-16(10)27-18(22-14)17(24)23-19-15(20(25)26)13(9-28-19)11-5-7-12(21)8-6-11/h2-9H,1H3,(H,23,24)(H,25,26). The van der Waals surface area contributed by atoms with Gasteiger partial charge in [0.05, 0.1) is 0 Å². The lowest BCUT2D eigenvalue weighted by molar-refractivity contribution is 0.0699. The smallest absolute Gasteiger partial charge is 0.339 e. The average Bonchev–Trinajstić information content (AvgIpc) is 3.27. The predicted octanol–water partition coefficient (Wildman–Crippen LogP) is 5.47. The van der Waals surface area contributed by atoms with Gasteiger partial charge in [-0.2, -0.15) is 0 Å². The molecule has 2 heterocycles. The lowest BCUT2D eigenvalue weighted by atomic mass is 10.0. The molecule has 1 amide bonds. The van der Waals surface area contributed by atoms with E-state index in [1.165, 1.54) is 0 Å². The molecular weight excluding hydrogens is 400 g/mol. The summed E-state index contributed by atoms with van der Waals surface area (Å²) >= 11 is 7.02. The highest BCUT2D eigenvalue weighted by Gasteiger charge is 2.23. The minimum absolute atomic E-state index is 0.00737. The molecular formula is C20H13ClN2O4S. The Morgan fingerprint density at radius 1 is 1.18 bits per heavy atom. The van der Waals surface area contributed by atoms with Crippen LogP contribution in [0.1, 0.15) is 26.6 Å². The molecule has 2 N–H and O–H groups in total. The van der Waals surface area contributed by atoms with Crippen LogP contribution in [0, 0.1) is 6.92 Å². The van der Waals surface area contributed by atoms with E-state index in [4.69, 9.17) is 16.0 Å². The normalized spacial score (nSPS) is 10.9.